The number of hydrogen-bond acceptors (Lipinski definition) is 5. The minimum atomic E-state index is -0.588. The van der Waals surface area contributed by atoms with Crippen molar-refractivity contribution in [1.29, 1.82) is 5.26 Å². The van der Waals surface area contributed by atoms with Crippen LogP contribution in [0.25, 0.3) is 0 Å². The van der Waals surface area contributed by atoms with Crippen LogP contribution in [-0.4, -0.2) is 30.6 Å². The number of nitro groups is 1. The standard InChI is InChI=1S/C11H11ClN2O4/c12-3-4-17-5-6-18-11-2-1-9(8-13)7-10(11)14(15)16/h1-2,7H,3-6H2. The molecule has 0 N–H and O–H groups in total. The van der Waals surface area contributed by atoms with Crippen molar-refractivity contribution in [1.82, 2.24) is 0 Å². The molecule has 0 saturated carbocycles. The highest BCUT2D eigenvalue weighted by atomic mass is 35.5. The quantitative estimate of drug-likeness (QED) is 0.328. The van der Waals surface area contributed by atoms with E-state index in [1.165, 1.54) is 18.2 Å². The van der Waals surface area contributed by atoms with E-state index in [0.29, 0.717) is 19.1 Å². The van der Waals surface area contributed by atoms with Crippen molar-refractivity contribution >= 4 is 17.3 Å². The largest absolute Gasteiger partial charge is 0.484 e. The van der Waals surface area contributed by atoms with Crippen LogP contribution < -0.4 is 4.74 Å². The van der Waals surface area contributed by atoms with E-state index in [2.05, 4.69) is 0 Å². The maximum absolute atomic E-state index is 10.8. The molecular weight excluding hydrogens is 260 g/mol. The van der Waals surface area contributed by atoms with Gasteiger partial charge in [-0.05, 0) is 12.1 Å². The van der Waals surface area contributed by atoms with E-state index in [4.69, 9.17) is 26.3 Å². The lowest BCUT2D eigenvalue weighted by molar-refractivity contribution is -0.385. The Morgan fingerprint density at radius 1 is 1.39 bits per heavy atom. The summed E-state index contributed by atoms with van der Waals surface area (Å²) in [5.74, 6) is 0.505. The van der Waals surface area contributed by atoms with E-state index >= 15 is 0 Å². The molecule has 0 radical (unpaired) electrons. The predicted molar refractivity (Wildman–Crippen MR) is 64.8 cm³/mol. The van der Waals surface area contributed by atoms with Gasteiger partial charge in [0.25, 0.3) is 0 Å². The zero-order valence-corrected chi connectivity index (χ0v) is 10.2. The highest BCUT2D eigenvalue weighted by Crippen LogP contribution is 2.27. The van der Waals surface area contributed by atoms with Crippen LogP contribution in [0.2, 0.25) is 0 Å². The third-order valence-corrected chi connectivity index (χ3v) is 2.15. The molecule has 0 aromatic heterocycles. The number of nitrogens with zero attached hydrogens (tertiary/aromatic N) is 2. The molecule has 18 heavy (non-hydrogen) atoms. The average Bonchev–Trinajstić information content (AvgIpc) is 2.38. The van der Waals surface area contributed by atoms with Gasteiger partial charge in [-0.3, -0.25) is 10.1 Å². The summed E-state index contributed by atoms with van der Waals surface area (Å²) in [5, 5.41) is 19.5. The van der Waals surface area contributed by atoms with E-state index in [1.807, 2.05) is 6.07 Å². The molecule has 0 bridgehead atoms. The maximum atomic E-state index is 10.8. The molecule has 0 atom stereocenters. The van der Waals surface area contributed by atoms with E-state index < -0.39 is 4.92 Å². The van der Waals surface area contributed by atoms with Gasteiger partial charge < -0.3 is 9.47 Å². The molecule has 0 unspecified atom stereocenters. The second-order valence-electron chi connectivity index (χ2n) is 3.20. The molecule has 0 saturated heterocycles. The van der Waals surface area contributed by atoms with Crippen LogP contribution in [-0.2, 0) is 4.74 Å². The monoisotopic (exact) mass is 270 g/mol. The maximum Gasteiger partial charge on any atom is 0.312 e. The fraction of sp³-hybridized carbons (Fsp3) is 0.364. The minimum Gasteiger partial charge on any atom is -0.484 e. The minimum absolute atomic E-state index is 0.119. The Bertz CT molecular complexity index is 459. The topological polar surface area (TPSA) is 85.4 Å². The van der Waals surface area contributed by atoms with Crippen LogP contribution in [0.1, 0.15) is 5.56 Å². The normalized spacial score (nSPS) is 9.78. The molecular formula is C11H11ClN2O4. The lowest BCUT2D eigenvalue weighted by Crippen LogP contribution is -2.09. The van der Waals surface area contributed by atoms with E-state index in [9.17, 15) is 10.1 Å². The SMILES string of the molecule is N#Cc1ccc(OCCOCCCl)c([N+](=O)[O-])c1. The summed E-state index contributed by atoms with van der Waals surface area (Å²) in [7, 11) is 0. The Labute approximate surface area is 109 Å². The molecule has 96 valence electrons. The Balaban J connectivity index is 2.65. The van der Waals surface area contributed by atoms with Crippen molar-refractivity contribution in [3.05, 3.63) is 33.9 Å². The first kappa shape index (κ1) is 14.2. The van der Waals surface area contributed by atoms with Crippen molar-refractivity contribution in [2.75, 3.05) is 25.7 Å². The average molecular weight is 271 g/mol. The van der Waals surface area contributed by atoms with Gasteiger partial charge in [0.1, 0.15) is 6.61 Å². The van der Waals surface area contributed by atoms with Gasteiger partial charge in [0.15, 0.2) is 5.75 Å². The molecule has 1 aromatic rings. The second kappa shape index (κ2) is 7.48. The van der Waals surface area contributed by atoms with Crippen LogP contribution in [0.3, 0.4) is 0 Å². The highest BCUT2D eigenvalue weighted by molar-refractivity contribution is 6.17. The predicted octanol–water partition coefficient (Wildman–Crippen LogP) is 2.10. The molecule has 7 heteroatoms. The Morgan fingerprint density at radius 3 is 2.78 bits per heavy atom. The molecule has 0 spiro atoms. The van der Waals surface area contributed by atoms with Crippen LogP contribution in [0, 0.1) is 21.4 Å². The summed E-state index contributed by atoms with van der Waals surface area (Å²) in [5.41, 5.74) is -0.0150. The number of nitro benzene ring substituents is 1. The van der Waals surface area contributed by atoms with Crippen LogP contribution in [0.5, 0.6) is 5.75 Å². The molecule has 0 amide bonds. The third-order valence-electron chi connectivity index (χ3n) is 1.99. The fourth-order valence-electron chi connectivity index (χ4n) is 1.22. The summed E-state index contributed by atoms with van der Waals surface area (Å²) in [6, 6.07) is 5.87. The fourth-order valence-corrected chi connectivity index (χ4v) is 1.33. The molecule has 0 aliphatic rings. The van der Waals surface area contributed by atoms with E-state index in [0.717, 1.165) is 0 Å². The highest BCUT2D eigenvalue weighted by Gasteiger charge is 2.15. The Hall–Kier alpha value is -1.84. The third kappa shape index (κ3) is 4.20. The summed E-state index contributed by atoms with van der Waals surface area (Å²) in [6.45, 7) is 0.883. The van der Waals surface area contributed by atoms with Gasteiger partial charge in [0, 0.05) is 11.9 Å². The molecule has 0 aliphatic heterocycles. The summed E-state index contributed by atoms with van der Waals surface area (Å²) in [6.07, 6.45) is 0. The number of alkyl halides is 1. The van der Waals surface area contributed by atoms with Crippen molar-refractivity contribution < 1.29 is 14.4 Å². The molecule has 0 fully saturated rings. The second-order valence-corrected chi connectivity index (χ2v) is 3.58. The Morgan fingerprint density at radius 2 is 2.17 bits per heavy atom. The van der Waals surface area contributed by atoms with Gasteiger partial charge in [-0.25, -0.2) is 0 Å². The van der Waals surface area contributed by atoms with Gasteiger partial charge in [0.05, 0.1) is 29.8 Å². The lowest BCUT2D eigenvalue weighted by atomic mass is 10.2. The summed E-state index contributed by atoms with van der Waals surface area (Å²) >= 11 is 5.41. The van der Waals surface area contributed by atoms with Crippen LogP contribution >= 0.6 is 11.6 Å². The Kier molecular flexibility index (Phi) is 5.91. The number of rotatable bonds is 7. The first-order valence-electron chi connectivity index (χ1n) is 5.14. The van der Waals surface area contributed by atoms with Gasteiger partial charge >= 0.3 is 5.69 Å². The number of nitriles is 1. The van der Waals surface area contributed by atoms with Crippen molar-refractivity contribution in [3.8, 4) is 11.8 Å². The summed E-state index contributed by atoms with van der Waals surface area (Å²) < 4.78 is 10.3. The first-order chi connectivity index (χ1) is 8.69. The van der Waals surface area contributed by atoms with E-state index in [1.54, 1.807) is 0 Å². The zero-order chi connectivity index (χ0) is 13.4. The van der Waals surface area contributed by atoms with Crippen molar-refractivity contribution in [2.24, 2.45) is 0 Å². The molecule has 0 aliphatic carbocycles. The van der Waals surface area contributed by atoms with Crippen LogP contribution in [0.4, 0.5) is 5.69 Å². The molecule has 0 heterocycles. The number of hydrogen-bond donors (Lipinski definition) is 0. The molecule has 1 aromatic carbocycles. The smallest absolute Gasteiger partial charge is 0.312 e. The molecule has 1 rings (SSSR count). The molecule has 6 nitrogen and oxygen atoms in total. The number of ether oxygens (including phenoxy) is 2. The van der Waals surface area contributed by atoms with Gasteiger partial charge in [-0.2, -0.15) is 5.26 Å². The number of halogens is 1. The van der Waals surface area contributed by atoms with Gasteiger partial charge in [0.2, 0.25) is 0 Å². The van der Waals surface area contributed by atoms with Crippen molar-refractivity contribution in [2.45, 2.75) is 0 Å². The van der Waals surface area contributed by atoms with Gasteiger partial charge in [-0.15, -0.1) is 11.6 Å². The lowest BCUT2D eigenvalue weighted by Gasteiger charge is -2.07. The number of benzene rings is 1. The zero-order valence-electron chi connectivity index (χ0n) is 9.47. The van der Waals surface area contributed by atoms with Gasteiger partial charge in [-0.1, -0.05) is 0 Å². The van der Waals surface area contributed by atoms with Crippen LogP contribution in [0.15, 0.2) is 18.2 Å². The summed E-state index contributed by atoms with van der Waals surface area (Å²) in [4.78, 5) is 10.2. The first-order valence-corrected chi connectivity index (χ1v) is 5.67. The van der Waals surface area contributed by atoms with Crippen molar-refractivity contribution in [3.63, 3.8) is 0 Å². The van der Waals surface area contributed by atoms with E-state index in [-0.39, 0.29) is 23.6 Å².